The van der Waals surface area contributed by atoms with Crippen molar-refractivity contribution in [3.8, 4) is 17.2 Å². The number of hydrogen-bond donors (Lipinski definition) is 1. The molecular weight excluding hydrogens is 374 g/mol. The standard InChI is InChI=1S/C22H23NO6/c1-2-26-18-7-9-19(10-8-18)27-12-11-23-21(24)15-29-22(25)17-13-16-5-3-4-6-20(16)28-14-17/h3-10,13H,2,11-12,14-15H2,1H3,(H,23,24). The molecule has 1 amide bonds. The largest absolute Gasteiger partial charge is 0.494 e. The predicted octanol–water partition coefficient (Wildman–Crippen LogP) is 2.60. The summed E-state index contributed by atoms with van der Waals surface area (Å²) in [7, 11) is 0. The molecule has 0 aromatic heterocycles. The van der Waals surface area contributed by atoms with Crippen LogP contribution in [0.5, 0.6) is 17.2 Å². The number of ether oxygens (including phenoxy) is 4. The van der Waals surface area contributed by atoms with Crippen LogP contribution < -0.4 is 19.5 Å². The monoisotopic (exact) mass is 397 g/mol. The second-order valence-corrected chi connectivity index (χ2v) is 6.18. The molecule has 1 aliphatic heterocycles. The highest BCUT2D eigenvalue weighted by Gasteiger charge is 2.19. The maximum atomic E-state index is 12.1. The molecule has 7 heteroatoms. The molecule has 7 nitrogen and oxygen atoms in total. The van der Waals surface area contributed by atoms with Crippen molar-refractivity contribution in [2.24, 2.45) is 0 Å². The van der Waals surface area contributed by atoms with Gasteiger partial charge in [-0.15, -0.1) is 0 Å². The van der Waals surface area contributed by atoms with E-state index in [-0.39, 0.29) is 13.2 Å². The third-order valence-electron chi connectivity index (χ3n) is 4.06. The quantitative estimate of drug-likeness (QED) is 0.517. The van der Waals surface area contributed by atoms with Gasteiger partial charge in [-0.25, -0.2) is 4.79 Å². The lowest BCUT2D eigenvalue weighted by Gasteiger charge is -2.16. The molecule has 0 saturated heterocycles. The topological polar surface area (TPSA) is 83.1 Å². The maximum Gasteiger partial charge on any atom is 0.338 e. The van der Waals surface area contributed by atoms with Gasteiger partial charge in [-0.1, -0.05) is 18.2 Å². The Bertz CT molecular complexity index is 875. The van der Waals surface area contributed by atoms with Crippen molar-refractivity contribution >= 4 is 18.0 Å². The number of rotatable bonds is 9. The first-order chi connectivity index (χ1) is 14.2. The van der Waals surface area contributed by atoms with Crippen LogP contribution in [-0.4, -0.2) is 44.8 Å². The number of para-hydroxylation sites is 1. The van der Waals surface area contributed by atoms with Gasteiger partial charge in [0.25, 0.3) is 5.91 Å². The van der Waals surface area contributed by atoms with Crippen molar-refractivity contribution in [3.63, 3.8) is 0 Å². The predicted molar refractivity (Wildman–Crippen MR) is 107 cm³/mol. The number of amides is 1. The summed E-state index contributed by atoms with van der Waals surface area (Å²) in [5.41, 5.74) is 1.18. The van der Waals surface area contributed by atoms with Gasteiger partial charge in [-0.3, -0.25) is 4.79 Å². The van der Waals surface area contributed by atoms with Crippen LogP contribution in [0.15, 0.2) is 54.1 Å². The molecule has 0 fully saturated rings. The molecule has 2 aromatic carbocycles. The Morgan fingerprint density at radius 2 is 1.76 bits per heavy atom. The van der Waals surface area contributed by atoms with Crippen molar-refractivity contribution in [2.45, 2.75) is 6.92 Å². The van der Waals surface area contributed by atoms with Gasteiger partial charge in [0.05, 0.1) is 18.7 Å². The summed E-state index contributed by atoms with van der Waals surface area (Å²) >= 11 is 0. The first-order valence-electron chi connectivity index (χ1n) is 9.37. The fraction of sp³-hybridized carbons (Fsp3) is 0.273. The van der Waals surface area contributed by atoms with Crippen LogP contribution in [0.3, 0.4) is 0 Å². The van der Waals surface area contributed by atoms with Crippen LogP contribution in [0.25, 0.3) is 6.08 Å². The van der Waals surface area contributed by atoms with E-state index in [0.717, 1.165) is 11.3 Å². The average molecular weight is 397 g/mol. The Morgan fingerprint density at radius 3 is 2.52 bits per heavy atom. The normalized spacial score (nSPS) is 12.1. The summed E-state index contributed by atoms with van der Waals surface area (Å²) in [6.45, 7) is 2.87. The smallest absolute Gasteiger partial charge is 0.338 e. The van der Waals surface area contributed by atoms with E-state index in [1.54, 1.807) is 18.2 Å². The molecule has 0 atom stereocenters. The van der Waals surface area contributed by atoms with E-state index in [9.17, 15) is 9.59 Å². The van der Waals surface area contributed by atoms with E-state index in [1.807, 2.05) is 43.3 Å². The van der Waals surface area contributed by atoms with E-state index < -0.39 is 11.9 Å². The van der Waals surface area contributed by atoms with E-state index in [1.165, 1.54) is 0 Å². The number of fused-ring (bicyclic) bond motifs is 1. The first-order valence-corrected chi connectivity index (χ1v) is 9.37. The minimum atomic E-state index is -0.569. The lowest BCUT2D eigenvalue weighted by molar-refractivity contribution is -0.145. The van der Waals surface area contributed by atoms with Gasteiger partial charge in [-0.2, -0.15) is 0 Å². The Morgan fingerprint density at radius 1 is 1.03 bits per heavy atom. The van der Waals surface area contributed by atoms with Gasteiger partial charge in [0.15, 0.2) is 6.61 Å². The van der Waals surface area contributed by atoms with E-state index in [0.29, 0.717) is 36.8 Å². The van der Waals surface area contributed by atoms with Gasteiger partial charge in [0, 0.05) is 5.56 Å². The maximum absolute atomic E-state index is 12.1. The van der Waals surface area contributed by atoms with Gasteiger partial charge in [0.1, 0.15) is 30.5 Å². The first kappa shape index (κ1) is 20.3. The number of esters is 1. The van der Waals surface area contributed by atoms with Crippen LogP contribution in [0.4, 0.5) is 0 Å². The Labute approximate surface area is 169 Å². The fourth-order valence-electron chi connectivity index (χ4n) is 2.67. The van der Waals surface area contributed by atoms with Crippen molar-refractivity contribution in [1.29, 1.82) is 0 Å². The molecule has 0 radical (unpaired) electrons. The summed E-state index contributed by atoms with van der Waals surface area (Å²) < 4.78 is 21.5. The molecule has 0 spiro atoms. The highest BCUT2D eigenvalue weighted by Crippen LogP contribution is 2.26. The second kappa shape index (κ2) is 10.2. The van der Waals surface area contributed by atoms with Gasteiger partial charge < -0.3 is 24.3 Å². The van der Waals surface area contributed by atoms with Crippen molar-refractivity contribution in [3.05, 3.63) is 59.7 Å². The third kappa shape index (κ3) is 6.00. The summed E-state index contributed by atoms with van der Waals surface area (Å²) in [4.78, 5) is 24.0. The molecule has 1 N–H and O–H groups in total. The molecule has 29 heavy (non-hydrogen) atoms. The zero-order valence-electron chi connectivity index (χ0n) is 16.2. The highest BCUT2D eigenvalue weighted by atomic mass is 16.5. The van der Waals surface area contributed by atoms with Crippen molar-refractivity contribution < 1.29 is 28.5 Å². The molecule has 1 aliphatic rings. The van der Waals surface area contributed by atoms with Crippen LogP contribution in [0, 0.1) is 0 Å². The number of benzene rings is 2. The minimum absolute atomic E-state index is 0.118. The molecule has 0 bridgehead atoms. The molecular formula is C22H23NO6. The van der Waals surface area contributed by atoms with E-state index in [4.69, 9.17) is 18.9 Å². The molecule has 1 heterocycles. The Hall–Kier alpha value is -3.48. The number of nitrogens with one attached hydrogen (secondary N) is 1. The summed E-state index contributed by atoms with van der Waals surface area (Å²) in [5.74, 6) is 1.21. The SMILES string of the molecule is CCOc1ccc(OCCNC(=O)COC(=O)C2=Cc3ccccc3OC2)cc1. The highest BCUT2D eigenvalue weighted by molar-refractivity contribution is 5.96. The van der Waals surface area contributed by atoms with E-state index >= 15 is 0 Å². The Kier molecular flexibility index (Phi) is 7.10. The summed E-state index contributed by atoms with van der Waals surface area (Å²) in [6.07, 6.45) is 1.71. The van der Waals surface area contributed by atoms with E-state index in [2.05, 4.69) is 5.32 Å². The lowest BCUT2D eigenvalue weighted by atomic mass is 10.1. The van der Waals surface area contributed by atoms with Gasteiger partial charge >= 0.3 is 5.97 Å². The molecule has 0 aliphatic carbocycles. The lowest BCUT2D eigenvalue weighted by Crippen LogP contribution is -2.32. The van der Waals surface area contributed by atoms with Crippen molar-refractivity contribution in [2.75, 3.05) is 33.0 Å². The molecule has 2 aromatic rings. The van der Waals surface area contributed by atoms with Crippen LogP contribution in [0.2, 0.25) is 0 Å². The minimum Gasteiger partial charge on any atom is -0.494 e. The average Bonchev–Trinajstić information content (AvgIpc) is 2.76. The van der Waals surface area contributed by atoms with Gasteiger partial charge in [0.2, 0.25) is 0 Å². The van der Waals surface area contributed by atoms with Crippen LogP contribution >= 0.6 is 0 Å². The summed E-state index contributed by atoms with van der Waals surface area (Å²) in [5, 5.41) is 2.64. The van der Waals surface area contributed by atoms with Crippen LogP contribution in [0.1, 0.15) is 12.5 Å². The summed E-state index contributed by atoms with van der Waals surface area (Å²) in [6, 6.07) is 14.6. The fourth-order valence-corrected chi connectivity index (χ4v) is 2.67. The molecule has 3 rings (SSSR count). The third-order valence-corrected chi connectivity index (χ3v) is 4.06. The van der Waals surface area contributed by atoms with Crippen molar-refractivity contribution in [1.82, 2.24) is 5.32 Å². The zero-order valence-corrected chi connectivity index (χ0v) is 16.2. The Balaban J connectivity index is 1.35. The second-order valence-electron chi connectivity index (χ2n) is 6.18. The molecule has 0 unspecified atom stereocenters. The number of hydrogen-bond acceptors (Lipinski definition) is 6. The number of carbonyl (C=O) groups is 2. The zero-order chi connectivity index (χ0) is 20.5. The molecule has 0 saturated carbocycles. The molecule has 152 valence electrons. The number of carbonyl (C=O) groups excluding carboxylic acids is 2. The van der Waals surface area contributed by atoms with Crippen LogP contribution in [-0.2, 0) is 14.3 Å². The van der Waals surface area contributed by atoms with Gasteiger partial charge in [-0.05, 0) is 43.3 Å².